The van der Waals surface area contributed by atoms with E-state index >= 15 is 0 Å². The molecule has 1 aromatic carbocycles. The Bertz CT molecular complexity index is 880. The summed E-state index contributed by atoms with van der Waals surface area (Å²) in [5.41, 5.74) is 2.16. The number of carbonyl (C=O) groups is 1. The van der Waals surface area contributed by atoms with E-state index in [1.807, 2.05) is 48.1 Å². The van der Waals surface area contributed by atoms with Gasteiger partial charge in [0.1, 0.15) is 0 Å². The standard InChI is InChI=1S/C18H18N4O2/c1-14-4-9-17(23)22(20-14)13-10-19-18(24)15-5-7-16(8-6-15)21-11-2-3-12-21/h2-9,11-12H,10,13H2,1H3,(H,19,24). The van der Waals surface area contributed by atoms with Crippen molar-refractivity contribution in [2.45, 2.75) is 13.5 Å². The number of hydrogen-bond donors (Lipinski definition) is 1. The van der Waals surface area contributed by atoms with Crippen molar-refractivity contribution in [3.8, 4) is 5.69 Å². The van der Waals surface area contributed by atoms with Crippen LogP contribution in [-0.4, -0.2) is 26.8 Å². The molecule has 0 radical (unpaired) electrons. The highest BCUT2D eigenvalue weighted by molar-refractivity contribution is 5.94. The number of amides is 1. The van der Waals surface area contributed by atoms with Crippen molar-refractivity contribution in [2.24, 2.45) is 0 Å². The van der Waals surface area contributed by atoms with Gasteiger partial charge in [-0.05, 0) is 49.4 Å². The van der Waals surface area contributed by atoms with Crippen molar-refractivity contribution >= 4 is 5.91 Å². The quantitative estimate of drug-likeness (QED) is 0.778. The van der Waals surface area contributed by atoms with Crippen LogP contribution in [0.15, 0.2) is 65.7 Å². The van der Waals surface area contributed by atoms with E-state index in [0.717, 1.165) is 11.4 Å². The van der Waals surface area contributed by atoms with Gasteiger partial charge >= 0.3 is 0 Å². The van der Waals surface area contributed by atoms with Crippen molar-refractivity contribution in [2.75, 3.05) is 6.54 Å². The summed E-state index contributed by atoms with van der Waals surface area (Å²) in [5.74, 6) is -0.172. The van der Waals surface area contributed by atoms with Crippen molar-refractivity contribution in [3.05, 3.63) is 82.5 Å². The first kappa shape index (κ1) is 15.7. The van der Waals surface area contributed by atoms with E-state index in [0.29, 0.717) is 18.7 Å². The number of nitrogens with one attached hydrogen (secondary N) is 1. The van der Waals surface area contributed by atoms with Crippen LogP contribution < -0.4 is 10.9 Å². The SMILES string of the molecule is Cc1ccc(=O)n(CCNC(=O)c2ccc(-n3cccc3)cc2)n1. The zero-order valence-corrected chi connectivity index (χ0v) is 13.3. The van der Waals surface area contributed by atoms with Gasteiger partial charge in [-0.25, -0.2) is 4.68 Å². The number of rotatable bonds is 5. The number of carbonyl (C=O) groups excluding carboxylic acids is 1. The molecule has 0 saturated heterocycles. The number of benzene rings is 1. The van der Waals surface area contributed by atoms with Crippen LogP contribution in [0.25, 0.3) is 5.69 Å². The van der Waals surface area contributed by atoms with Crippen molar-refractivity contribution in [3.63, 3.8) is 0 Å². The molecule has 0 unspecified atom stereocenters. The van der Waals surface area contributed by atoms with Gasteiger partial charge in [0.2, 0.25) is 0 Å². The second kappa shape index (κ2) is 6.95. The lowest BCUT2D eigenvalue weighted by molar-refractivity contribution is 0.0951. The lowest BCUT2D eigenvalue weighted by Crippen LogP contribution is -2.32. The van der Waals surface area contributed by atoms with Crippen molar-refractivity contribution in [1.29, 1.82) is 0 Å². The highest BCUT2D eigenvalue weighted by atomic mass is 16.1. The van der Waals surface area contributed by atoms with Gasteiger partial charge in [0.15, 0.2) is 0 Å². The summed E-state index contributed by atoms with van der Waals surface area (Å²) in [6.45, 7) is 2.50. The lowest BCUT2D eigenvalue weighted by Gasteiger charge is -2.08. The zero-order valence-electron chi connectivity index (χ0n) is 13.3. The van der Waals surface area contributed by atoms with Crippen LogP contribution >= 0.6 is 0 Å². The molecule has 0 aliphatic heterocycles. The molecule has 122 valence electrons. The maximum absolute atomic E-state index is 12.2. The largest absolute Gasteiger partial charge is 0.350 e. The van der Waals surface area contributed by atoms with Crippen LogP contribution in [-0.2, 0) is 6.54 Å². The van der Waals surface area contributed by atoms with E-state index in [1.165, 1.54) is 10.7 Å². The number of nitrogens with zero attached hydrogens (tertiary/aromatic N) is 3. The molecule has 6 nitrogen and oxygen atoms in total. The molecule has 6 heteroatoms. The van der Waals surface area contributed by atoms with Gasteiger partial charge in [0, 0.05) is 36.3 Å². The minimum Gasteiger partial charge on any atom is -0.350 e. The Morgan fingerprint density at radius 3 is 2.50 bits per heavy atom. The van der Waals surface area contributed by atoms with Gasteiger partial charge < -0.3 is 9.88 Å². The maximum Gasteiger partial charge on any atom is 0.266 e. The number of aryl methyl sites for hydroxylation is 1. The van der Waals surface area contributed by atoms with Crippen LogP contribution in [0.3, 0.4) is 0 Å². The molecule has 0 aliphatic rings. The fourth-order valence-electron chi connectivity index (χ4n) is 2.38. The molecule has 2 heterocycles. The average molecular weight is 322 g/mol. The molecular weight excluding hydrogens is 304 g/mol. The third-order valence-electron chi connectivity index (χ3n) is 3.64. The molecule has 0 bridgehead atoms. The van der Waals surface area contributed by atoms with E-state index in [2.05, 4.69) is 10.4 Å². The Morgan fingerprint density at radius 2 is 1.79 bits per heavy atom. The predicted molar refractivity (Wildman–Crippen MR) is 91.3 cm³/mol. The van der Waals surface area contributed by atoms with E-state index in [-0.39, 0.29) is 11.5 Å². The molecule has 3 aromatic rings. The summed E-state index contributed by atoms with van der Waals surface area (Å²) in [6.07, 6.45) is 3.89. The first-order valence-corrected chi connectivity index (χ1v) is 7.70. The molecule has 1 amide bonds. The molecule has 0 saturated carbocycles. The fourth-order valence-corrected chi connectivity index (χ4v) is 2.38. The Hall–Kier alpha value is -3.15. The van der Waals surface area contributed by atoms with Crippen LogP contribution in [0, 0.1) is 6.92 Å². The molecule has 2 aromatic heterocycles. The molecule has 24 heavy (non-hydrogen) atoms. The van der Waals surface area contributed by atoms with Gasteiger partial charge in [-0.3, -0.25) is 9.59 Å². The highest BCUT2D eigenvalue weighted by Gasteiger charge is 2.06. The van der Waals surface area contributed by atoms with Crippen LogP contribution in [0.4, 0.5) is 0 Å². The Morgan fingerprint density at radius 1 is 1.08 bits per heavy atom. The number of hydrogen-bond acceptors (Lipinski definition) is 3. The highest BCUT2D eigenvalue weighted by Crippen LogP contribution is 2.09. The fraction of sp³-hybridized carbons (Fsp3) is 0.167. The Labute approximate surface area is 139 Å². The van der Waals surface area contributed by atoms with Gasteiger partial charge in [-0.1, -0.05) is 0 Å². The molecular formula is C18H18N4O2. The first-order valence-electron chi connectivity index (χ1n) is 7.70. The smallest absolute Gasteiger partial charge is 0.266 e. The third-order valence-corrected chi connectivity index (χ3v) is 3.64. The second-order valence-corrected chi connectivity index (χ2v) is 5.43. The normalized spacial score (nSPS) is 10.5. The van der Waals surface area contributed by atoms with Crippen LogP contribution in [0.2, 0.25) is 0 Å². The first-order chi connectivity index (χ1) is 11.6. The third kappa shape index (κ3) is 3.60. The van der Waals surface area contributed by atoms with Gasteiger partial charge in [0.25, 0.3) is 11.5 Å². The summed E-state index contributed by atoms with van der Waals surface area (Å²) < 4.78 is 3.32. The predicted octanol–water partition coefficient (Wildman–Crippen LogP) is 1.77. The zero-order chi connectivity index (χ0) is 16.9. The van der Waals surface area contributed by atoms with Gasteiger partial charge in [0.05, 0.1) is 12.2 Å². The van der Waals surface area contributed by atoms with E-state index < -0.39 is 0 Å². The van der Waals surface area contributed by atoms with Crippen LogP contribution in [0.1, 0.15) is 16.1 Å². The minimum atomic E-state index is -0.175. The van der Waals surface area contributed by atoms with Crippen LogP contribution in [0.5, 0.6) is 0 Å². The average Bonchev–Trinajstić information content (AvgIpc) is 3.12. The Balaban J connectivity index is 1.59. The molecule has 0 aliphatic carbocycles. The van der Waals surface area contributed by atoms with E-state index in [1.54, 1.807) is 18.2 Å². The summed E-state index contributed by atoms with van der Waals surface area (Å²) in [4.78, 5) is 23.8. The maximum atomic E-state index is 12.2. The summed E-state index contributed by atoms with van der Waals surface area (Å²) in [5, 5.41) is 6.94. The van der Waals surface area contributed by atoms with Crippen molar-refractivity contribution < 1.29 is 4.79 Å². The minimum absolute atomic E-state index is 0.172. The van der Waals surface area contributed by atoms with Gasteiger partial charge in [-0.15, -0.1) is 0 Å². The monoisotopic (exact) mass is 322 g/mol. The lowest BCUT2D eigenvalue weighted by atomic mass is 10.2. The molecule has 0 atom stereocenters. The molecule has 1 N–H and O–H groups in total. The van der Waals surface area contributed by atoms with E-state index in [4.69, 9.17) is 0 Å². The topological polar surface area (TPSA) is 68.9 Å². The van der Waals surface area contributed by atoms with Gasteiger partial charge in [-0.2, -0.15) is 5.10 Å². The second-order valence-electron chi connectivity index (χ2n) is 5.43. The number of aromatic nitrogens is 3. The van der Waals surface area contributed by atoms with E-state index in [9.17, 15) is 9.59 Å². The summed E-state index contributed by atoms with van der Waals surface area (Å²) in [6, 6.07) is 14.4. The van der Waals surface area contributed by atoms with Crippen molar-refractivity contribution in [1.82, 2.24) is 19.7 Å². The summed E-state index contributed by atoms with van der Waals surface area (Å²) >= 11 is 0. The molecule has 0 spiro atoms. The molecule has 0 fully saturated rings. The summed E-state index contributed by atoms with van der Waals surface area (Å²) in [7, 11) is 0. The molecule has 3 rings (SSSR count). The Kier molecular flexibility index (Phi) is 4.56.